The molecule has 3 rings (SSSR count). The van der Waals surface area contributed by atoms with Gasteiger partial charge >= 0.3 is 0 Å². The quantitative estimate of drug-likeness (QED) is 0.843. The lowest BCUT2D eigenvalue weighted by Crippen LogP contribution is -2.51. The van der Waals surface area contributed by atoms with Crippen LogP contribution in [0.1, 0.15) is 23.3 Å². The Morgan fingerprint density at radius 3 is 2.70 bits per heavy atom. The van der Waals surface area contributed by atoms with E-state index in [9.17, 15) is 4.79 Å². The molecule has 0 atom stereocenters. The van der Waals surface area contributed by atoms with E-state index in [1.54, 1.807) is 28.2 Å². The summed E-state index contributed by atoms with van der Waals surface area (Å²) >= 11 is 0. The van der Waals surface area contributed by atoms with Crippen LogP contribution in [0.2, 0.25) is 0 Å². The van der Waals surface area contributed by atoms with Crippen molar-refractivity contribution in [3.05, 3.63) is 42.2 Å². The fourth-order valence-corrected chi connectivity index (χ4v) is 2.28. The Morgan fingerprint density at radius 2 is 2.00 bits per heavy atom. The minimum absolute atomic E-state index is 0.00236. The largest absolute Gasteiger partial charge is 0.493 e. The first-order valence-corrected chi connectivity index (χ1v) is 6.66. The van der Waals surface area contributed by atoms with Crippen molar-refractivity contribution < 1.29 is 9.53 Å². The number of para-hydroxylation sites is 1. The molecule has 0 saturated carbocycles. The molecule has 2 heterocycles. The van der Waals surface area contributed by atoms with Crippen molar-refractivity contribution in [3.8, 4) is 5.75 Å². The molecule has 1 aliphatic rings. The maximum atomic E-state index is 12.4. The van der Waals surface area contributed by atoms with Crippen molar-refractivity contribution >= 4 is 5.91 Å². The molecule has 104 valence electrons. The molecular formula is C14H16N4O2. The van der Waals surface area contributed by atoms with Crippen molar-refractivity contribution in [1.82, 2.24) is 19.9 Å². The van der Waals surface area contributed by atoms with Crippen LogP contribution in [0.3, 0.4) is 0 Å². The summed E-state index contributed by atoms with van der Waals surface area (Å²) < 4.78 is 5.50. The molecule has 0 spiro atoms. The first kappa shape index (κ1) is 12.7. The number of carbonyl (C=O) groups excluding carboxylic acids is 1. The molecule has 1 fully saturated rings. The van der Waals surface area contributed by atoms with Crippen molar-refractivity contribution in [2.24, 2.45) is 0 Å². The number of likely N-dealkylation sites (tertiary alicyclic amines) is 1. The van der Waals surface area contributed by atoms with Gasteiger partial charge in [0, 0.05) is 13.1 Å². The van der Waals surface area contributed by atoms with Gasteiger partial charge in [-0.3, -0.25) is 4.79 Å². The van der Waals surface area contributed by atoms with E-state index in [0.29, 0.717) is 31.0 Å². The third-order valence-corrected chi connectivity index (χ3v) is 3.33. The van der Waals surface area contributed by atoms with Crippen molar-refractivity contribution in [2.75, 3.05) is 19.7 Å². The Labute approximate surface area is 117 Å². The molecule has 1 saturated heterocycles. The van der Waals surface area contributed by atoms with Crippen LogP contribution in [0.4, 0.5) is 0 Å². The Hall–Kier alpha value is -2.37. The van der Waals surface area contributed by atoms with Crippen LogP contribution in [-0.4, -0.2) is 45.5 Å². The minimum atomic E-state index is -0.00236. The van der Waals surface area contributed by atoms with E-state index in [1.165, 1.54) is 0 Å². The fourth-order valence-electron chi connectivity index (χ4n) is 2.28. The standard InChI is InChI=1S/C14H16N4O2/c1-2-20-13-6-4-3-5-12(13)14(19)17-9-11(10-17)18-15-7-8-16-18/h3-8,11H,2,9-10H2,1H3. The molecule has 1 aliphatic heterocycles. The second kappa shape index (κ2) is 5.32. The average molecular weight is 272 g/mol. The van der Waals surface area contributed by atoms with Gasteiger partial charge in [-0.25, -0.2) is 0 Å². The molecule has 0 radical (unpaired) electrons. The average Bonchev–Trinajstić information content (AvgIpc) is 2.92. The summed E-state index contributed by atoms with van der Waals surface area (Å²) in [5.74, 6) is 0.637. The van der Waals surface area contributed by atoms with Gasteiger partial charge in [0.05, 0.1) is 24.6 Å². The van der Waals surface area contributed by atoms with E-state index < -0.39 is 0 Å². The zero-order valence-electron chi connectivity index (χ0n) is 11.3. The molecule has 0 bridgehead atoms. The van der Waals surface area contributed by atoms with E-state index >= 15 is 0 Å². The second-order valence-corrected chi connectivity index (χ2v) is 4.64. The normalized spacial score (nSPS) is 14.9. The van der Waals surface area contributed by atoms with Crippen LogP contribution in [0.5, 0.6) is 5.75 Å². The summed E-state index contributed by atoms with van der Waals surface area (Å²) in [5.41, 5.74) is 0.612. The third-order valence-electron chi connectivity index (χ3n) is 3.33. The van der Waals surface area contributed by atoms with Crippen LogP contribution in [0.25, 0.3) is 0 Å². The highest BCUT2D eigenvalue weighted by atomic mass is 16.5. The van der Waals surface area contributed by atoms with Crippen molar-refractivity contribution in [2.45, 2.75) is 13.0 Å². The Kier molecular flexibility index (Phi) is 3.37. The molecule has 1 aromatic carbocycles. The van der Waals surface area contributed by atoms with Crippen LogP contribution >= 0.6 is 0 Å². The first-order chi connectivity index (χ1) is 9.79. The monoisotopic (exact) mass is 272 g/mol. The lowest BCUT2D eigenvalue weighted by molar-refractivity contribution is 0.0472. The van der Waals surface area contributed by atoms with Gasteiger partial charge in [0.25, 0.3) is 5.91 Å². The van der Waals surface area contributed by atoms with Gasteiger partial charge in [0.2, 0.25) is 0 Å². The summed E-state index contributed by atoms with van der Waals surface area (Å²) in [5, 5.41) is 8.19. The van der Waals surface area contributed by atoms with Gasteiger partial charge in [-0.15, -0.1) is 0 Å². The highest BCUT2D eigenvalue weighted by molar-refractivity contribution is 5.97. The molecule has 0 N–H and O–H groups in total. The molecule has 0 aliphatic carbocycles. The number of benzene rings is 1. The maximum absolute atomic E-state index is 12.4. The Balaban J connectivity index is 1.69. The van der Waals surface area contributed by atoms with E-state index in [0.717, 1.165) is 0 Å². The zero-order chi connectivity index (χ0) is 13.9. The first-order valence-electron chi connectivity index (χ1n) is 6.66. The lowest BCUT2D eigenvalue weighted by Gasteiger charge is -2.38. The number of rotatable bonds is 4. The summed E-state index contributed by atoms with van der Waals surface area (Å²) in [6.45, 7) is 3.72. The van der Waals surface area contributed by atoms with E-state index in [1.807, 2.05) is 25.1 Å². The summed E-state index contributed by atoms with van der Waals surface area (Å²) in [4.78, 5) is 15.9. The van der Waals surface area contributed by atoms with Gasteiger partial charge in [-0.05, 0) is 19.1 Å². The summed E-state index contributed by atoms with van der Waals surface area (Å²) in [7, 11) is 0. The van der Waals surface area contributed by atoms with Gasteiger partial charge in [-0.2, -0.15) is 15.0 Å². The molecular weight excluding hydrogens is 256 g/mol. The predicted octanol–water partition coefficient (Wildman–Crippen LogP) is 1.37. The van der Waals surface area contributed by atoms with Gasteiger partial charge in [0.1, 0.15) is 11.8 Å². The summed E-state index contributed by atoms with van der Waals surface area (Å²) in [6.07, 6.45) is 3.30. The smallest absolute Gasteiger partial charge is 0.257 e. The number of aromatic nitrogens is 3. The van der Waals surface area contributed by atoms with Gasteiger partial charge in [0.15, 0.2) is 0 Å². The fraction of sp³-hybridized carbons (Fsp3) is 0.357. The Morgan fingerprint density at radius 1 is 1.30 bits per heavy atom. The SMILES string of the molecule is CCOc1ccccc1C(=O)N1CC(n2nccn2)C1. The number of carbonyl (C=O) groups is 1. The van der Waals surface area contributed by atoms with Crippen molar-refractivity contribution in [3.63, 3.8) is 0 Å². The number of hydrogen-bond acceptors (Lipinski definition) is 4. The van der Waals surface area contributed by atoms with Gasteiger partial charge < -0.3 is 9.64 Å². The highest BCUT2D eigenvalue weighted by Gasteiger charge is 2.34. The molecule has 6 heteroatoms. The molecule has 20 heavy (non-hydrogen) atoms. The maximum Gasteiger partial charge on any atom is 0.257 e. The lowest BCUT2D eigenvalue weighted by atomic mass is 10.1. The van der Waals surface area contributed by atoms with Crippen molar-refractivity contribution in [1.29, 1.82) is 0 Å². The zero-order valence-corrected chi connectivity index (χ0v) is 11.3. The minimum Gasteiger partial charge on any atom is -0.493 e. The molecule has 0 unspecified atom stereocenters. The second-order valence-electron chi connectivity index (χ2n) is 4.64. The number of amides is 1. The Bertz CT molecular complexity index is 591. The van der Waals surface area contributed by atoms with E-state index in [-0.39, 0.29) is 11.9 Å². The number of hydrogen-bond donors (Lipinski definition) is 0. The molecule has 1 aromatic heterocycles. The summed E-state index contributed by atoms with van der Waals surface area (Å²) in [6, 6.07) is 7.51. The molecule has 2 aromatic rings. The molecule has 6 nitrogen and oxygen atoms in total. The van der Waals surface area contributed by atoms with Crippen LogP contribution in [-0.2, 0) is 0 Å². The number of ether oxygens (including phenoxy) is 1. The van der Waals surface area contributed by atoms with E-state index in [4.69, 9.17) is 4.74 Å². The topological polar surface area (TPSA) is 60.2 Å². The predicted molar refractivity (Wildman–Crippen MR) is 72.6 cm³/mol. The highest BCUT2D eigenvalue weighted by Crippen LogP contribution is 2.25. The van der Waals surface area contributed by atoms with Crippen LogP contribution in [0.15, 0.2) is 36.7 Å². The third kappa shape index (κ3) is 2.24. The number of nitrogens with zero attached hydrogens (tertiary/aromatic N) is 4. The van der Waals surface area contributed by atoms with Gasteiger partial charge in [-0.1, -0.05) is 12.1 Å². The van der Waals surface area contributed by atoms with Crippen LogP contribution in [0, 0.1) is 0 Å². The molecule has 1 amide bonds. The van der Waals surface area contributed by atoms with E-state index in [2.05, 4.69) is 10.2 Å². The van der Waals surface area contributed by atoms with Crippen LogP contribution < -0.4 is 4.74 Å².